The number of thiazole rings is 1. The first-order valence-corrected chi connectivity index (χ1v) is 24.8. The van der Waals surface area contributed by atoms with Crippen LogP contribution in [0.5, 0.6) is 5.75 Å². The van der Waals surface area contributed by atoms with Crippen molar-refractivity contribution < 1.29 is 51.7 Å². The van der Waals surface area contributed by atoms with Crippen molar-refractivity contribution in [1.29, 1.82) is 5.26 Å². The largest absolute Gasteiger partial charge is 0.494 e. The second kappa shape index (κ2) is 23.6. The molecule has 14 nitrogen and oxygen atoms in total. The summed E-state index contributed by atoms with van der Waals surface area (Å²) in [5.74, 6) is -1.73. The van der Waals surface area contributed by atoms with Crippen molar-refractivity contribution >= 4 is 57.9 Å². The van der Waals surface area contributed by atoms with Crippen LogP contribution in [0.4, 0.5) is 18.9 Å². The number of carbonyl (C=O) groups excluding carboxylic acids is 4. The molecular formula is C52H61F3N6O8S2. The number of β-amino-alcohol motifs (C(OH)–C–C–N with tert-alkyl or cyclic N) is 1. The van der Waals surface area contributed by atoms with E-state index in [1.54, 1.807) is 61.0 Å². The number of likely N-dealkylation sites (tertiary alicyclic amines) is 1. The summed E-state index contributed by atoms with van der Waals surface area (Å²) >= 11 is 7.26. The maximum absolute atomic E-state index is 13.9. The fourth-order valence-corrected chi connectivity index (χ4v) is 10.1. The number of amides is 4. The number of unbranched alkanes of at least 4 members (excludes halogenated alkanes) is 2. The Hall–Kier alpha value is -5.78. The van der Waals surface area contributed by atoms with Crippen LogP contribution < -0.4 is 20.3 Å². The number of benzene rings is 3. The lowest BCUT2D eigenvalue weighted by Gasteiger charge is -2.35. The Labute approximate surface area is 421 Å². The number of carbonyl (C=O) groups is 4. The monoisotopic (exact) mass is 1020 g/mol. The summed E-state index contributed by atoms with van der Waals surface area (Å²) in [5, 5.41) is 25.5. The van der Waals surface area contributed by atoms with Crippen LogP contribution in [0.15, 0.2) is 72.2 Å². The van der Waals surface area contributed by atoms with Crippen LogP contribution in [0.25, 0.3) is 10.4 Å². The third kappa shape index (κ3) is 13.6. The van der Waals surface area contributed by atoms with Gasteiger partial charge in [0.1, 0.15) is 24.4 Å². The molecule has 71 heavy (non-hydrogen) atoms. The average molecular weight is 1020 g/mol. The minimum absolute atomic E-state index is 0.0288. The molecule has 2 saturated heterocycles. The fraction of sp³-hybridized carbons (Fsp3) is 0.481. The van der Waals surface area contributed by atoms with Gasteiger partial charge in [0, 0.05) is 45.2 Å². The van der Waals surface area contributed by atoms with Crippen molar-refractivity contribution in [2.75, 3.05) is 44.5 Å². The van der Waals surface area contributed by atoms with Crippen molar-refractivity contribution in [3.05, 3.63) is 100 Å². The number of halogens is 3. The van der Waals surface area contributed by atoms with Crippen molar-refractivity contribution in [2.24, 2.45) is 10.8 Å². The van der Waals surface area contributed by atoms with Crippen molar-refractivity contribution in [1.82, 2.24) is 20.5 Å². The van der Waals surface area contributed by atoms with E-state index in [0.717, 1.165) is 63.6 Å². The standard InChI is InChI=1S/C52H61F3N6O8S2/c1-32-44(71-31-58-32)35-13-11-33(12-14-35)28-57-46(64)41-26-38(62)29-60(41)47(65)45(50(2,3)4)59-42(63)30-68-23-10-22-67-21-8-7-9-24-69-39-19-16-34(17-20-39)43-48(70)61(49(66)51(43,5)6)37-18-15-36(27-56)40(25-37)52(53,54)55/h11-20,25,31,38,41,43,45,62H,7-10,21-24,26,28-30H2,1-6H3,(H,57,64)(H,59,63)/t38-,41-,43?,45-/m0/s1. The molecule has 0 bridgehead atoms. The zero-order chi connectivity index (χ0) is 51.7. The normalized spacial score (nSPS) is 18.4. The first-order valence-electron chi connectivity index (χ1n) is 23.5. The number of aromatic nitrogens is 1. The van der Waals surface area contributed by atoms with E-state index < -0.39 is 70.0 Å². The number of aliphatic hydroxyl groups excluding tert-OH is 1. The van der Waals surface area contributed by atoms with Gasteiger partial charge in [-0.15, -0.1) is 11.3 Å². The molecule has 0 spiro atoms. The summed E-state index contributed by atoms with van der Waals surface area (Å²) in [6.45, 7) is 12.5. The predicted molar refractivity (Wildman–Crippen MR) is 266 cm³/mol. The average Bonchev–Trinajstić information content (AvgIpc) is 3.99. The van der Waals surface area contributed by atoms with Gasteiger partial charge in [-0.1, -0.05) is 69.4 Å². The molecule has 1 unspecified atom stereocenters. The lowest BCUT2D eigenvalue weighted by Crippen LogP contribution is -2.58. The maximum atomic E-state index is 13.9. The predicted octanol–water partition coefficient (Wildman–Crippen LogP) is 8.27. The van der Waals surface area contributed by atoms with Gasteiger partial charge in [-0.05, 0) is 98.9 Å². The van der Waals surface area contributed by atoms with E-state index in [1.807, 2.05) is 52.0 Å². The molecule has 3 heterocycles. The maximum Gasteiger partial charge on any atom is 0.417 e. The number of nitrogens with zero attached hydrogens (tertiary/aromatic N) is 4. The van der Waals surface area contributed by atoms with Crippen molar-refractivity contribution in [2.45, 2.75) is 110 Å². The highest BCUT2D eigenvalue weighted by Crippen LogP contribution is 2.48. The number of nitriles is 1. The SMILES string of the molecule is Cc1ncsc1-c1ccc(CNC(=O)[C@@H]2C[C@H](O)CN2C(=O)[C@H](NC(=O)COCCCOCCCCCOc2ccc(C3C(=S)N(c4ccc(C#N)c(C(F)(F)F)c4)C(=O)C3(C)C)cc2)C(C)(C)C)cc1. The van der Waals surface area contributed by atoms with Gasteiger partial charge < -0.3 is 34.9 Å². The quantitative estimate of drug-likeness (QED) is 0.0540. The van der Waals surface area contributed by atoms with E-state index in [4.69, 9.17) is 26.4 Å². The van der Waals surface area contributed by atoms with Gasteiger partial charge in [0.2, 0.25) is 23.6 Å². The summed E-state index contributed by atoms with van der Waals surface area (Å²) in [4.78, 5) is 62.0. The number of nitrogens with one attached hydrogen (secondary N) is 2. The lowest BCUT2D eigenvalue weighted by molar-refractivity contribution is -0.144. The number of anilines is 1. The highest BCUT2D eigenvalue weighted by Gasteiger charge is 2.52. The Morgan fingerprint density at radius 3 is 2.30 bits per heavy atom. The minimum atomic E-state index is -4.78. The zero-order valence-electron chi connectivity index (χ0n) is 40.8. The summed E-state index contributed by atoms with van der Waals surface area (Å²) in [7, 11) is 0. The number of alkyl halides is 3. The molecule has 1 aromatic heterocycles. The molecule has 0 aliphatic carbocycles. The van der Waals surface area contributed by atoms with E-state index in [2.05, 4.69) is 15.6 Å². The molecule has 3 N–H and O–H groups in total. The number of thiocarbonyl (C=S) groups is 1. The van der Waals surface area contributed by atoms with Crippen LogP contribution in [0.3, 0.4) is 0 Å². The van der Waals surface area contributed by atoms with Crippen molar-refractivity contribution in [3.63, 3.8) is 0 Å². The van der Waals surface area contributed by atoms with E-state index >= 15 is 0 Å². The third-order valence-corrected chi connectivity index (χ3v) is 14.0. The topological polar surface area (TPSA) is 183 Å². The second-order valence-electron chi connectivity index (χ2n) is 19.4. The summed E-state index contributed by atoms with van der Waals surface area (Å²) in [6.07, 6.45) is -2.62. The summed E-state index contributed by atoms with van der Waals surface area (Å²) in [6, 6.07) is 17.8. The minimum Gasteiger partial charge on any atom is -0.494 e. The van der Waals surface area contributed by atoms with Gasteiger partial charge in [0.25, 0.3) is 0 Å². The molecule has 6 rings (SSSR count). The van der Waals surface area contributed by atoms with E-state index in [1.165, 1.54) is 11.0 Å². The Kier molecular flexibility index (Phi) is 18.2. The molecule has 2 fully saturated rings. The lowest BCUT2D eigenvalue weighted by atomic mass is 9.77. The molecule has 2 aliphatic rings. The van der Waals surface area contributed by atoms with Crippen LogP contribution in [-0.2, 0) is 41.4 Å². The smallest absolute Gasteiger partial charge is 0.417 e. The molecule has 4 aromatic rings. The summed E-state index contributed by atoms with van der Waals surface area (Å²) < 4.78 is 58.4. The molecule has 4 amide bonds. The van der Waals surface area contributed by atoms with Crippen molar-refractivity contribution in [3.8, 4) is 22.3 Å². The van der Waals surface area contributed by atoms with Gasteiger partial charge in [0.05, 0.1) is 62.1 Å². The van der Waals surface area contributed by atoms with Crippen LogP contribution in [0.1, 0.15) is 101 Å². The number of ether oxygens (including phenoxy) is 3. The third-order valence-electron chi connectivity index (χ3n) is 12.6. The van der Waals surface area contributed by atoms with Gasteiger partial charge in [-0.2, -0.15) is 18.4 Å². The first-order chi connectivity index (χ1) is 33.6. The molecular weight excluding hydrogens is 958 g/mol. The number of aliphatic hydroxyl groups is 1. The Morgan fingerprint density at radius 1 is 0.972 bits per heavy atom. The number of hydrogen-bond acceptors (Lipinski definition) is 12. The van der Waals surface area contributed by atoms with Crippen LogP contribution >= 0.6 is 23.6 Å². The number of rotatable bonds is 21. The highest BCUT2D eigenvalue weighted by atomic mass is 32.1. The Balaban J connectivity index is 0.851. The second-order valence-corrected chi connectivity index (χ2v) is 20.7. The van der Waals surface area contributed by atoms with Crippen LogP contribution in [0, 0.1) is 29.1 Å². The molecule has 2 aliphatic heterocycles. The fourth-order valence-electron chi connectivity index (χ4n) is 8.70. The van der Waals surface area contributed by atoms with Gasteiger partial charge in [0.15, 0.2) is 0 Å². The first kappa shape index (κ1) is 54.6. The van der Waals surface area contributed by atoms with Gasteiger partial charge in [-0.25, -0.2) is 4.98 Å². The molecule has 3 aromatic carbocycles. The van der Waals surface area contributed by atoms with Crippen LogP contribution in [0.2, 0.25) is 0 Å². The van der Waals surface area contributed by atoms with E-state index in [9.17, 15) is 42.7 Å². The Morgan fingerprint density at radius 2 is 1.65 bits per heavy atom. The summed E-state index contributed by atoms with van der Waals surface area (Å²) in [5.41, 5.74) is 1.91. The van der Waals surface area contributed by atoms with E-state index in [0.29, 0.717) is 32.0 Å². The van der Waals surface area contributed by atoms with Gasteiger partial charge >= 0.3 is 6.18 Å². The molecule has 0 saturated carbocycles. The number of aryl methyl sites for hydroxylation is 1. The van der Waals surface area contributed by atoms with Gasteiger partial charge in [-0.3, -0.25) is 24.1 Å². The Bertz CT molecular complexity index is 2580. The van der Waals surface area contributed by atoms with E-state index in [-0.39, 0.29) is 49.3 Å². The zero-order valence-corrected chi connectivity index (χ0v) is 42.4. The highest BCUT2D eigenvalue weighted by molar-refractivity contribution is 7.80. The molecule has 19 heteroatoms. The molecule has 4 atom stereocenters. The molecule has 380 valence electrons. The number of hydrogen-bond donors (Lipinski definition) is 3. The molecule has 0 radical (unpaired) electrons. The van der Waals surface area contributed by atoms with Crippen LogP contribution in [-0.4, -0.2) is 101 Å².